The maximum atomic E-state index is 12.3. The monoisotopic (exact) mass is 273 g/mol. The number of imide groups is 1. The molecule has 1 N–H and O–H groups in total. The van der Waals surface area contributed by atoms with Gasteiger partial charge in [-0.05, 0) is 42.9 Å². The molecule has 0 radical (unpaired) electrons. The normalized spacial score (nSPS) is 23.4. The molecule has 0 spiro atoms. The van der Waals surface area contributed by atoms with E-state index in [1.54, 1.807) is 6.07 Å². The van der Waals surface area contributed by atoms with Gasteiger partial charge in [0.1, 0.15) is 5.75 Å². The van der Waals surface area contributed by atoms with Crippen LogP contribution in [0.2, 0.25) is 0 Å². The van der Waals surface area contributed by atoms with Crippen molar-refractivity contribution < 1.29 is 14.7 Å². The highest BCUT2D eigenvalue weighted by molar-refractivity contribution is 6.03. The van der Waals surface area contributed by atoms with E-state index in [-0.39, 0.29) is 29.9 Å². The Bertz CT molecular complexity index is 553. The van der Waals surface area contributed by atoms with Gasteiger partial charge in [0.05, 0.1) is 5.92 Å². The number of phenolic OH excluding ortho intramolecular Hbond substituents is 1. The Kier molecular flexibility index (Phi) is 3.47. The van der Waals surface area contributed by atoms with Gasteiger partial charge in [-0.15, -0.1) is 0 Å². The standard InChI is InChI=1S/C16H19NO3/c18-14-8-11-4-2-1-3-7-17-15(19)10-13(16(17)20)9-12(14)6-5-11/h5-6,8,13,18H,1-4,7,9-10H2. The van der Waals surface area contributed by atoms with Gasteiger partial charge in [0, 0.05) is 13.0 Å². The van der Waals surface area contributed by atoms with Crippen LogP contribution in [0.4, 0.5) is 0 Å². The molecule has 3 aliphatic heterocycles. The van der Waals surface area contributed by atoms with Crippen molar-refractivity contribution in [2.75, 3.05) is 6.54 Å². The van der Waals surface area contributed by atoms with E-state index in [1.165, 1.54) is 4.90 Å². The van der Waals surface area contributed by atoms with Crippen LogP contribution in [0, 0.1) is 5.92 Å². The van der Waals surface area contributed by atoms with Crippen molar-refractivity contribution in [1.82, 2.24) is 4.90 Å². The number of aryl methyl sites for hydroxylation is 1. The van der Waals surface area contributed by atoms with Gasteiger partial charge in [0.2, 0.25) is 11.8 Å². The maximum absolute atomic E-state index is 12.3. The first kappa shape index (κ1) is 13.2. The molecular formula is C16H19NO3. The molecule has 20 heavy (non-hydrogen) atoms. The molecule has 3 heterocycles. The van der Waals surface area contributed by atoms with Gasteiger partial charge in [-0.25, -0.2) is 0 Å². The lowest BCUT2D eigenvalue weighted by Crippen LogP contribution is -2.32. The molecule has 0 saturated carbocycles. The summed E-state index contributed by atoms with van der Waals surface area (Å²) in [6.45, 7) is 0.547. The molecule has 1 saturated heterocycles. The van der Waals surface area contributed by atoms with E-state index in [2.05, 4.69) is 0 Å². The molecule has 2 amide bonds. The van der Waals surface area contributed by atoms with Crippen molar-refractivity contribution in [3.63, 3.8) is 0 Å². The lowest BCUT2D eigenvalue weighted by Gasteiger charge is -2.14. The third-order valence-electron chi connectivity index (χ3n) is 4.30. The fourth-order valence-electron chi connectivity index (χ4n) is 3.12. The number of benzene rings is 1. The van der Waals surface area contributed by atoms with Gasteiger partial charge in [-0.3, -0.25) is 14.5 Å². The van der Waals surface area contributed by atoms with E-state index in [9.17, 15) is 14.7 Å². The predicted molar refractivity (Wildman–Crippen MR) is 74.2 cm³/mol. The molecule has 4 bridgehead atoms. The van der Waals surface area contributed by atoms with Crippen LogP contribution >= 0.6 is 0 Å². The summed E-state index contributed by atoms with van der Waals surface area (Å²) in [5.41, 5.74) is 1.90. The number of nitrogens with zero attached hydrogens (tertiary/aromatic N) is 1. The summed E-state index contributed by atoms with van der Waals surface area (Å²) >= 11 is 0. The highest BCUT2D eigenvalue weighted by Gasteiger charge is 2.38. The van der Waals surface area contributed by atoms with Crippen molar-refractivity contribution in [2.45, 2.75) is 38.5 Å². The van der Waals surface area contributed by atoms with Crippen LogP contribution in [-0.2, 0) is 22.4 Å². The minimum Gasteiger partial charge on any atom is -0.508 e. The van der Waals surface area contributed by atoms with E-state index in [1.807, 2.05) is 12.1 Å². The van der Waals surface area contributed by atoms with Crippen LogP contribution in [0.5, 0.6) is 5.75 Å². The molecule has 1 unspecified atom stereocenters. The third-order valence-corrected chi connectivity index (χ3v) is 4.30. The summed E-state index contributed by atoms with van der Waals surface area (Å²) in [7, 11) is 0. The summed E-state index contributed by atoms with van der Waals surface area (Å²) < 4.78 is 0. The Morgan fingerprint density at radius 2 is 1.95 bits per heavy atom. The summed E-state index contributed by atoms with van der Waals surface area (Å²) in [4.78, 5) is 25.6. The fourth-order valence-corrected chi connectivity index (χ4v) is 3.12. The Labute approximate surface area is 118 Å². The van der Waals surface area contributed by atoms with E-state index in [4.69, 9.17) is 0 Å². The topological polar surface area (TPSA) is 57.6 Å². The first-order valence-corrected chi connectivity index (χ1v) is 7.30. The minimum atomic E-state index is -0.306. The molecule has 1 aromatic carbocycles. The van der Waals surface area contributed by atoms with Crippen molar-refractivity contribution in [2.24, 2.45) is 5.92 Å². The Balaban J connectivity index is 1.91. The molecule has 0 aliphatic carbocycles. The van der Waals surface area contributed by atoms with Crippen LogP contribution in [0.1, 0.15) is 36.8 Å². The van der Waals surface area contributed by atoms with Crippen LogP contribution in [-0.4, -0.2) is 28.4 Å². The van der Waals surface area contributed by atoms with Gasteiger partial charge in [0.25, 0.3) is 0 Å². The van der Waals surface area contributed by atoms with E-state index < -0.39 is 0 Å². The first-order chi connectivity index (χ1) is 9.65. The number of fused-ring (bicyclic) bond motifs is 6. The number of aromatic hydroxyl groups is 1. The summed E-state index contributed by atoms with van der Waals surface area (Å²) in [5, 5.41) is 10.1. The van der Waals surface area contributed by atoms with Crippen LogP contribution in [0.25, 0.3) is 0 Å². The van der Waals surface area contributed by atoms with E-state index in [0.717, 1.165) is 36.8 Å². The Morgan fingerprint density at radius 3 is 2.75 bits per heavy atom. The van der Waals surface area contributed by atoms with Crippen molar-refractivity contribution in [3.8, 4) is 5.75 Å². The van der Waals surface area contributed by atoms with Gasteiger partial charge in [-0.2, -0.15) is 0 Å². The van der Waals surface area contributed by atoms with E-state index in [0.29, 0.717) is 13.0 Å². The number of rotatable bonds is 0. The molecule has 3 aliphatic rings. The zero-order valence-electron chi connectivity index (χ0n) is 11.5. The molecule has 4 rings (SSSR count). The van der Waals surface area contributed by atoms with Crippen molar-refractivity contribution in [3.05, 3.63) is 29.3 Å². The number of phenols is 1. The van der Waals surface area contributed by atoms with Crippen molar-refractivity contribution in [1.29, 1.82) is 0 Å². The quantitative estimate of drug-likeness (QED) is 0.736. The number of carbonyl (C=O) groups excluding carboxylic acids is 2. The van der Waals surface area contributed by atoms with Gasteiger partial charge < -0.3 is 5.11 Å². The second kappa shape index (κ2) is 5.27. The summed E-state index contributed by atoms with van der Waals surface area (Å²) in [5.74, 6) is -0.189. The Morgan fingerprint density at radius 1 is 1.10 bits per heavy atom. The second-order valence-corrected chi connectivity index (χ2v) is 5.76. The molecule has 1 fully saturated rings. The van der Waals surface area contributed by atoms with Crippen LogP contribution in [0.15, 0.2) is 18.2 Å². The summed E-state index contributed by atoms with van der Waals surface area (Å²) in [6.07, 6.45) is 4.53. The average molecular weight is 273 g/mol. The number of hydrogen-bond acceptors (Lipinski definition) is 3. The molecule has 4 nitrogen and oxygen atoms in total. The molecule has 4 heteroatoms. The number of hydrogen-bond donors (Lipinski definition) is 1. The largest absolute Gasteiger partial charge is 0.508 e. The maximum Gasteiger partial charge on any atom is 0.233 e. The predicted octanol–water partition coefficient (Wildman–Crippen LogP) is 2.04. The number of amides is 2. The number of carbonyl (C=O) groups is 2. The van der Waals surface area contributed by atoms with Crippen molar-refractivity contribution >= 4 is 11.8 Å². The van der Waals surface area contributed by atoms with Gasteiger partial charge >= 0.3 is 0 Å². The summed E-state index contributed by atoms with van der Waals surface area (Å²) in [6, 6.07) is 5.71. The van der Waals surface area contributed by atoms with Crippen LogP contribution in [0.3, 0.4) is 0 Å². The fraction of sp³-hybridized carbons (Fsp3) is 0.500. The lowest BCUT2D eigenvalue weighted by molar-refractivity contribution is -0.139. The smallest absolute Gasteiger partial charge is 0.233 e. The highest BCUT2D eigenvalue weighted by atomic mass is 16.3. The zero-order valence-corrected chi connectivity index (χ0v) is 11.5. The van der Waals surface area contributed by atoms with Gasteiger partial charge in [0.15, 0.2) is 0 Å². The van der Waals surface area contributed by atoms with Gasteiger partial charge in [-0.1, -0.05) is 18.6 Å². The zero-order chi connectivity index (χ0) is 14.1. The Hall–Kier alpha value is -1.84. The molecular weight excluding hydrogens is 254 g/mol. The molecule has 0 aromatic heterocycles. The molecule has 1 atom stereocenters. The third kappa shape index (κ3) is 2.42. The molecule has 1 aromatic rings. The first-order valence-electron chi connectivity index (χ1n) is 7.30. The molecule has 106 valence electrons. The van der Waals surface area contributed by atoms with Crippen LogP contribution < -0.4 is 0 Å². The minimum absolute atomic E-state index is 0.0619. The average Bonchev–Trinajstić information content (AvgIpc) is 2.69. The van der Waals surface area contributed by atoms with E-state index >= 15 is 0 Å². The highest BCUT2D eigenvalue weighted by Crippen LogP contribution is 2.29. The second-order valence-electron chi connectivity index (χ2n) is 5.76. The lowest BCUT2D eigenvalue weighted by atomic mass is 9.95. The SMILES string of the molecule is O=C1CC2Cc3ccc(cc3O)CCCCCN1C2=O.